The average Bonchev–Trinajstić information content (AvgIpc) is 2.29. The SMILES string of the molecule is CN(CNN)c1ccc2c(c1)CCCS2. The van der Waals surface area contributed by atoms with E-state index in [0.717, 1.165) is 0 Å². The first kappa shape index (κ1) is 10.8. The van der Waals surface area contributed by atoms with Crippen molar-refractivity contribution in [2.24, 2.45) is 5.84 Å². The predicted octanol–water partition coefficient (Wildman–Crippen LogP) is 1.58. The molecule has 0 spiro atoms. The number of thioether (sulfide) groups is 1. The van der Waals surface area contributed by atoms with Crippen LogP contribution in [0.4, 0.5) is 5.69 Å². The summed E-state index contributed by atoms with van der Waals surface area (Å²) in [6, 6.07) is 6.66. The van der Waals surface area contributed by atoms with Gasteiger partial charge in [0, 0.05) is 17.6 Å². The molecular weight excluding hydrogens is 206 g/mol. The summed E-state index contributed by atoms with van der Waals surface area (Å²) >= 11 is 1.96. The molecule has 0 unspecified atom stereocenters. The number of hydrazine groups is 1. The highest BCUT2D eigenvalue weighted by Crippen LogP contribution is 2.32. The van der Waals surface area contributed by atoms with Gasteiger partial charge in [-0.05, 0) is 42.4 Å². The number of anilines is 1. The molecule has 4 heteroatoms. The fourth-order valence-electron chi connectivity index (χ4n) is 1.81. The van der Waals surface area contributed by atoms with E-state index in [0.29, 0.717) is 6.67 Å². The Morgan fingerprint density at radius 3 is 3.20 bits per heavy atom. The highest BCUT2D eigenvalue weighted by molar-refractivity contribution is 7.99. The molecule has 1 aliphatic heterocycles. The molecule has 1 aromatic rings. The number of hydrogen-bond acceptors (Lipinski definition) is 4. The van der Waals surface area contributed by atoms with E-state index < -0.39 is 0 Å². The molecule has 82 valence electrons. The molecule has 2 rings (SSSR count). The molecule has 0 atom stereocenters. The van der Waals surface area contributed by atoms with Crippen molar-refractivity contribution in [1.29, 1.82) is 0 Å². The summed E-state index contributed by atoms with van der Waals surface area (Å²) in [6.07, 6.45) is 2.50. The van der Waals surface area contributed by atoms with Crippen molar-refractivity contribution in [1.82, 2.24) is 5.43 Å². The molecule has 1 aliphatic rings. The smallest absolute Gasteiger partial charge is 0.0805 e. The molecule has 15 heavy (non-hydrogen) atoms. The Kier molecular flexibility index (Phi) is 3.51. The fourth-order valence-corrected chi connectivity index (χ4v) is 2.83. The number of hydrogen-bond donors (Lipinski definition) is 2. The van der Waals surface area contributed by atoms with Gasteiger partial charge in [-0.2, -0.15) is 0 Å². The molecule has 0 bridgehead atoms. The Hall–Kier alpha value is -0.710. The van der Waals surface area contributed by atoms with Gasteiger partial charge in [-0.3, -0.25) is 5.84 Å². The van der Waals surface area contributed by atoms with Crippen molar-refractivity contribution in [3.63, 3.8) is 0 Å². The Balaban J connectivity index is 2.20. The Bertz CT molecular complexity index is 341. The standard InChI is InChI=1S/C11H17N3S/c1-14(8-13-12)10-4-5-11-9(7-10)3-2-6-15-11/h4-5,7,13H,2-3,6,8,12H2,1H3. The number of nitrogens with zero attached hydrogens (tertiary/aromatic N) is 1. The molecule has 1 heterocycles. The van der Waals surface area contributed by atoms with Crippen LogP contribution in [0.15, 0.2) is 23.1 Å². The molecule has 0 amide bonds. The molecule has 3 N–H and O–H groups in total. The zero-order chi connectivity index (χ0) is 10.7. The summed E-state index contributed by atoms with van der Waals surface area (Å²) in [5, 5.41) is 0. The van der Waals surface area contributed by atoms with Crippen LogP contribution in [0.25, 0.3) is 0 Å². The van der Waals surface area contributed by atoms with Crippen molar-refractivity contribution in [2.75, 3.05) is 24.4 Å². The van der Waals surface area contributed by atoms with Crippen LogP contribution in [0, 0.1) is 0 Å². The zero-order valence-electron chi connectivity index (χ0n) is 8.99. The van der Waals surface area contributed by atoms with Gasteiger partial charge in [0.25, 0.3) is 0 Å². The molecule has 3 nitrogen and oxygen atoms in total. The van der Waals surface area contributed by atoms with Crippen molar-refractivity contribution in [3.05, 3.63) is 23.8 Å². The van der Waals surface area contributed by atoms with Crippen LogP contribution in [0.5, 0.6) is 0 Å². The van der Waals surface area contributed by atoms with Gasteiger partial charge in [0.1, 0.15) is 0 Å². The lowest BCUT2D eigenvalue weighted by atomic mass is 10.1. The molecule has 0 fully saturated rings. The Morgan fingerprint density at radius 2 is 2.40 bits per heavy atom. The Labute approximate surface area is 95.0 Å². The van der Waals surface area contributed by atoms with Gasteiger partial charge in [0.15, 0.2) is 0 Å². The lowest BCUT2D eigenvalue weighted by Crippen LogP contribution is -2.35. The lowest BCUT2D eigenvalue weighted by Gasteiger charge is -2.22. The number of nitrogens with two attached hydrogens (primary N) is 1. The third-order valence-electron chi connectivity index (χ3n) is 2.66. The van der Waals surface area contributed by atoms with E-state index in [2.05, 4.69) is 28.5 Å². The fraction of sp³-hybridized carbons (Fsp3) is 0.455. The second-order valence-corrected chi connectivity index (χ2v) is 4.94. The van der Waals surface area contributed by atoms with Crippen LogP contribution in [0.3, 0.4) is 0 Å². The van der Waals surface area contributed by atoms with Crippen LogP contribution in [-0.4, -0.2) is 19.5 Å². The van der Waals surface area contributed by atoms with E-state index >= 15 is 0 Å². The molecule has 0 saturated heterocycles. The topological polar surface area (TPSA) is 41.3 Å². The van der Waals surface area contributed by atoms with Gasteiger partial charge in [-0.1, -0.05) is 0 Å². The second-order valence-electron chi connectivity index (χ2n) is 3.80. The van der Waals surface area contributed by atoms with Gasteiger partial charge in [-0.15, -0.1) is 11.8 Å². The number of nitrogens with one attached hydrogen (secondary N) is 1. The van der Waals surface area contributed by atoms with E-state index in [-0.39, 0.29) is 0 Å². The van der Waals surface area contributed by atoms with E-state index in [9.17, 15) is 0 Å². The van der Waals surface area contributed by atoms with Gasteiger partial charge < -0.3 is 4.90 Å². The second kappa shape index (κ2) is 4.88. The first-order valence-electron chi connectivity index (χ1n) is 5.21. The van der Waals surface area contributed by atoms with Gasteiger partial charge in [-0.25, -0.2) is 5.43 Å². The minimum absolute atomic E-state index is 0.673. The van der Waals surface area contributed by atoms with Crippen LogP contribution in [-0.2, 0) is 6.42 Å². The average molecular weight is 223 g/mol. The zero-order valence-corrected chi connectivity index (χ0v) is 9.81. The lowest BCUT2D eigenvalue weighted by molar-refractivity contribution is 0.717. The van der Waals surface area contributed by atoms with E-state index in [1.165, 1.54) is 34.7 Å². The maximum Gasteiger partial charge on any atom is 0.0805 e. The highest BCUT2D eigenvalue weighted by atomic mass is 32.2. The third kappa shape index (κ3) is 2.45. The van der Waals surface area contributed by atoms with Crippen LogP contribution < -0.4 is 16.2 Å². The molecule has 1 aromatic carbocycles. The summed E-state index contributed by atoms with van der Waals surface area (Å²) in [5.41, 5.74) is 5.38. The summed E-state index contributed by atoms with van der Waals surface area (Å²) < 4.78 is 0. The van der Waals surface area contributed by atoms with E-state index in [1.807, 2.05) is 18.8 Å². The van der Waals surface area contributed by atoms with Crippen LogP contribution in [0.1, 0.15) is 12.0 Å². The van der Waals surface area contributed by atoms with Gasteiger partial charge in [0.05, 0.1) is 6.67 Å². The van der Waals surface area contributed by atoms with Crippen LogP contribution >= 0.6 is 11.8 Å². The molecule has 0 aliphatic carbocycles. The van der Waals surface area contributed by atoms with Gasteiger partial charge >= 0.3 is 0 Å². The van der Waals surface area contributed by atoms with Crippen LogP contribution in [0.2, 0.25) is 0 Å². The van der Waals surface area contributed by atoms with E-state index in [1.54, 1.807) is 0 Å². The van der Waals surface area contributed by atoms with Crippen molar-refractivity contribution in [2.45, 2.75) is 17.7 Å². The quantitative estimate of drug-likeness (QED) is 0.464. The monoisotopic (exact) mass is 223 g/mol. The molecular formula is C11H17N3S. The molecule has 0 aromatic heterocycles. The summed E-state index contributed by atoms with van der Waals surface area (Å²) in [6.45, 7) is 0.673. The third-order valence-corrected chi connectivity index (χ3v) is 3.86. The predicted molar refractivity (Wildman–Crippen MR) is 66.1 cm³/mol. The van der Waals surface area contributed by atoms with E-state index in [4.69, 9.17) is 5.84 Å². The largest absolute Gasteiger partial charge is 0.361 e. The number of aryl methyl sites for hydroxylation is 1. The van der Waals surface area contributed by atoms with Crippen molar-refractivity contribution < 1.29 is 0 Å². The summed E-state index contributed by atoms with van der Waals surface area (Å²) in [5.74, 6) is 6.57. The minimum Gasteiger partial charge on any atom is -0.361 e. The summed E-state index contributed by atoms with van der Waals surface area (Å²) in [7, 11) is 2.04. The maximum absolute atomic E-state index is 5.31. The molecule has 0 saturated carbocycles. The Morgan fingerprint density at radius 1 is 1.53 bits per heavy atom. The van der Waals surface area contributed by atoms with Crippen molar-refractivity contribution in [3.8, 4) is 0 Å². The minimum atomic E-state index is 0.673. The number of rotatable bonds is 3. The summed E-state index contributed by atoms with van der Waals surface area (Å²) in [4.78, 5) is 3.55. The first-order valence-corrected chi connectivity index (χ1v) is 6.20. The highest BCUT2D eigenvalue weighted by Gasteiger charge is 2.11. The van der Waals surface area contributed by atoms with Gasteiger partial charge in [0.2, 0.25) is 0 Å². The maximum atomic E-state index is 5.31. The normalized spacial score (nSPS) is 14.8. The first-order chi connectivity index (χ1) is 7.31. The van der Waals surface area contributed by atoms with Crippen molar-refractivity contribution >= 4 is 17.4 Å². The number of benzene rings is 1. The molecule has 0 radical (unpaired) electrons. The number of fused-ring (bicyclic) bond motifs is 1.